The second-order valence-corrected chi connectivity index (χ2v) is 6.79. The summed E-state index contributed by atoms with van der Waals surface area (Å²) in [6, 6.07) is 8.49. The lowest BCUT2D eigenvalue weighted by atomic mass is 10.1. The maximum absolute atomic E-state index is 12.2. The molecule has 1 aromatic rings. The van der Waals surface area contributed by atoms with Crippen LogP contribution in [0.1, 0.15) is 25.8 Å². The first-order valence-corrected chi connectivity index (χ1v) is 9.29. The van der Waals surface area contributed by atoms with Gasteiger partial charge in [0.1, 0.15) is 0 Å². The Labute approximate surface area is 162 Å². The quantitative estimate of drug-likeness (QED) is 0.744. The van der Waals surface area contributed by atoms with Gasteiger partial charge in [0.15, 0.2) is 0 Å². The van der Waals surface area contributed by atoms with Crippen LogP contribution in [0.25, 0.3) is 0 Å². The molecule has 0 aromatic heterocycles. The van der Waals surface area contributed by atoms with Crippen LogP contribution in [0.15, 0.2) is 24.3 Å². The zero-order valence-corrected chi connectivity index (χ0v) is 16.9. The van der Waals surface area contributed by atoms with Crippen LogP contribution in [-0.4, -0.2) is 48.0 Å². The lowest BCUT2D eigenvalue weighted by Gasteiger charge is -2.22. The molecule has 0 spiro atoms. The van der Waals surface area contributed by atoms with E-state index in [0.29, 0.717) is 12.5 Å². The average molecular weight is 394 g/mol. The molecule has 1 heterocycles. The number of carbonyl (C=O) groups is 1. The fraction of sp³-hybridized carbons (Fsp3) is 0.588. The number of benzene rings is 1. The van der Waals surface area contributed by atoms with E-state index in [0.717, 1.165) is 43.4 Å². The SMILES string of the molecule is CCN(CC)Cc1cccc(NC(=O)CC2CSCCN2)c1.Cl.Cl. The highest BCUT2D eigenvalue weighted by molar-refractivity contribution is 7.99. The number of anilines is 1. The van der Waals surface area contributed by atoms with Crippen molar-refractivity contribution >= 4 is 48.2 Å². The van der Waals surface area contributed by atoms with E-state index < -0.39 is 0 Å². The zero-order chi connectivity index (χ0) is 15.8. The van der Waals surface area contributed by atoms with Crippen LogP contribution >= 0.6 is 36.6 Å². The normalized spacial score (nSPS) is 16.9. The molecule has 138 valence electrons. The maximum atomic E-state index is 12.2. The molecule has 1 atom stereocenters. The van der Waals surface area contributed by atoms with Crippen molar-refractivity contribution < 1.29 is 4.79 Å². The first kappa shape index (κ1) is 23.5. The molecule has 24 heavy (non-hydrogen) atoms. The minimum absolute atomic E-state index is 0. The number of amides is 1. The second-order valence-electron chi connectivity index (χ2n) is 5.64. The van der Waals surface area contributed by atoms with Gasteiger partial charge in [-0.2, -0.15) is 11.8 Å². The van der Waals surface area contributed by atoms with Crippen LogP contribution in [0.5, 0.6) is 0 Å². The molecule has 1 fully saturated rings. The molecule has 1 aliphatic heterocycles. The predicted molar refractivity (Wildman–Crippen MR) is 110 cm³/mol. The summed E-state index contributed by atoms with van der Waals surface area (Å²) in [4.78, 5) is 14.5. The van der Waals surface area contributed by atoms with Gasteiger partial charge in [0.2, 0.25) is 5.91 Å². The molecule has 1 saturated heterocycles. The second kappa shape index (κ2) is 12.8. The Kier molecular flexibility index (Phi) is 12.6. The number of halogens is 2. The van der Waals surface area contributed by atoms with Crippen molar-refractivity contribution in [3.05, 3.63) is 29.8 Å². The summed E-state index contributed by atoms with van der Waals surface area (Å²) in [5.41, 5.74) is 2.14. The van der Waals surface area contributed by atoms with Gasteiger partial charge in [0.25, 0.3) is 0 Å². The highest BCUT2D eigenvalue weighted by Gasteiger charge is 2.16. The number of hydrogen-bond acceptors (Lipinski definition) is 4. The molecule has 1 amide bonds. The van der Waals surface area contributed by atoms with Crippen LogP contribution in [0.4, 0.5) is 5.69 Å². The Morgan fingerprint density at radius 1 is 1.33 bits per heavy atom. The lowest BCUT2D eigenvalue weighted by Crippen LogP contribution is -2.39. The molecule has 2 N–H and O–H groups in total. The predicted octanol–water partition coefficient (Wildman–Crippen LogP) is 3.41. The van der Waals surface area contributed by atoms with Gasteiger partial charge in [-0.25, -0.2) is 0 Å². The molecule has 0 saturated carbocycles. The van der Waals surface area contributed by atoms with E-state index in [4.69, 9.17) is 0 Å². The summed E-state index contributed by atoms with van der Waals surface area (Å²) < 4.78 is 0. The van der Waals surface area contributed by atoms with Gasteiger partial charge in [-0.15, -0.1) is 24.8 Å². The van der Waals surface area contributed by atoms with Gasteiger partial charge < -0.3 is 10.6 Å². The molecule has 1 aromatic carbocycles. The molecule has 0 radical (unpaired) electrons. The number of nitrogens with one attached hydrogen (secondary N) is 2. The monoisotopic (exact) mass is 393 g/mol. The molecular weight excluding hydrogens is 365 g/mol. The van der Waals surface area contributed by atoms with Gasteiger partial charge in [-0.1, -0.05) is 26.0 Å². The third-order valence-electron chi connectivity index (χ3n) is 3.94. The summed E-state index contributed by atoms with van der Waals surface area (Å²) in [5, 5.41) is 6.43. The number of nitrogens with zero attached hydrogens (tertiary/aromatic N) is 1. The molecular formula is C17H29Cl2N3OS. The highest BCUT2D eigenvalue weighted by atomic mass is 35.5. The largest absolute Gasteiger partial charge is 0.326 e. The van der Waals surface area contributed by atoms with E-state index in [1.165, 1.54) is 5.56 Å². The average Bonchev–Trinajstić information content (AvgIpc) is 2.53. The standard InChI is InChI=1S/C17H27N3OS.2ClH/c1-3-20(4-2)12-14-6-5-7-15(10-14)19-17(21)11-16-13-22-9-8-18-16;;/h5-7,10,16,18H,3-4,8-9,11-13H2,1-2H3,(H,19,21);2*1H. The summed E-state index contributed by atoms with van der Waals surface area (Å²) >= 11 is 1.92. The minimum Gasteiger partial charge on any atom is -0.326 e. The van der Waals surface area contributed by atoms with E-state index in [1.807, 2.05) is 23.9 Å². The Morgan fingerprint density at radius 3 is 2.71 bits per heavy atom. The van der Waals surface area contributed by atoms with Crippen molar-refractivity contribution in [1.82, 2.24) is 10.2 Å². The van der Waals surface area contributed by atoms with E-state index in [-0.39, 0.29) is 30.7 Å². The molecule has 0 bridgehead atoms. The van der Waals surface area contributed by atoms with Gasteiger partial charge in [-0.3, -0.25) is 9.69 Å². The third-order valence-corrected chi connectivity index (χ3v) is 5.07. The van der Waals surface area contributed by atoms with Crippen LogP contribution in [-0.2, 0) is 11.3 Å². The fourth-order valence-electron chi connectivity index (χ4n) is 2.64. The van der Waals surface area contributed by atoms with Gasteiger partial charge >= 0.3 is 0 Å². The smallest absolute Gasteiger partial charge is 0.225 e. The van der Waals surface area contributed by atoms with Crippen LogP contribution in [0.3, 0.4) is 0 Å². The number of thioether (sulfide) groups is 1. The van der Waals surface area contributed by atoms with Crippen molar-refractivity contribution in [3.63, 3.8) is 0 Å². The summed E-state index contributed by atoms with van der Waals surface area (Å²) in [6.07, 6.45) is 0.549. The van der Waals surface area contributed by atoms with Crippen LogP contribution in [0.2, 0.25) is 0 Å². The Morgan fingerprint density at radius 2 is 2.08 bits per heavy atom. The van der Waals surface area contributed by atoms with E-state index in [2.05, 4.69) is 41.5 Å². The molecule has 1 aliphatic rings. The van der Waals surface area contributed by atoms with E-state index in [1.54, 1.807) is 0 Å². The number of rotatable bonds is 7. The third kappa shape index (κ3) is 8.08. The molecule has 4 nitrogen and oxygen atoms in total. The van der Waals surface area contributed by atoms with Crippen LogP contribution < -0.4 is 10.6 Å². The molecule has 7 heteroatoms. The van der Waals surface area contributed by atoms with Gasteiger partial charge in [0, 0.05) is 42.7 Å². The van der Waals surface area contributed by atoms with Crippen molar-refractivity contribution in [2.24, 2.45) is 0 Å². The van der Waals surface area contributed by atoms with E-state index in [9.17, 15) is 4.79 Å². The molecule has 1 unspecified atom stereocenters. The number of hydrogen-bond donors (Lipinski definition) is 2. The van der Waals surface area contributed by atoms with Gasteiger partial charge in [0.05, 0.1) is 0 Å². The van der Waals surface area contributed by atoms with Crippen molar-refractivity contribution in [2.45, 2.75) is 32.9 Å². The Balaban J connectivity index is 0.00000264. The zero-order valence-electron chi connectivity index (χ0n) is 14.4. The van der Waals surface area contributed by atoms with Crippen molar-refractivity contribution in [1.29, 1.82) is 0 Å². The van der Waals surface area contributed by atoms with Gasteiger partial charge in [-0.05, 0) is 30.8 Å². The van der Waals surface area contributed by atoms with E-state index >= 15 is 0 Å². The first-order valence-electron chi connectivity index (χ1n) is 8.13. The van der Waals surface area contributed by atoms with Crippen molar-refractivity contribution in [3.8, 4) is 0 Å². The molecule has 2 rings (SSSR count). The summed E-state index contributed by atoms with van der Waals surface area (Å²) in [7, 11) is 0. The highest BCUT2D eigenvalue weighted by Crippen LogP contribution is 2.15. The summed E-state index contributed by atoms with van der Waals surface area (Å²) in [5.74, 6) is 2.26. The van der Waals surface area contributed by atoms with Crippen molar-refractivity contribution in [2.75, 3.05) is 36.5 Å². The number of carbonyl (C=O) groups excluding carboxylic acids is 1. The fourth-order valence-corrected chi connectivity index (χ4v) is 3.59. The summed E-state index contributed by atoms with van der Waals surface area (Å²) in [6.45, 7) is 8.35. The Bertz CT molecular complexity index is 481. The van der Waals surface area contributed by atoms with Crippen LogP contribution in [0, 0.1) is 0 Å². The topological polar surface area (TPSA) is 44.4 Å². The minimum atomic E-state index is 0. The molecule has 0 aliphatic carbocycles. The first-order chi connectivity index (χ1) is 10.7. The lowest BCUT2D eigenvalue weighted by molar-refractivity contribution is -0.116. The maximum Gasteiger partial charge on any atom is 0.225 e. The Hall–Kier alpha value is -0.460.